The van der Waals surface area contributed by atoms with Gasteiger partial charge in [0, 0.05) is 23.8 Å². The van der Waals surface area contributed by atoms with Crippen LogP contribution in [0, 0.1) is 0 Å². The molecule has 0 radical (unpaired) electrons. The highest BCUT2D eigenvalue weighted by Gasteiger charge is 2.20. The molecule has 0 saturated carbocycles. The Morgan fingerprint density at radius 2 is 2.31 bits per heavy atom. The first kappa shape index (κ1) is 11.5. The van der Waals surface area contributed by atoms with E-state index in [-0.39, 0.29) is 17.1 Å². The number of aromatic amines is 1. The molecule has 1 atom stereocenters. The predicted octanol–water partition coefficient (Wildman–Crippen LogP) is 1.65. The minimum Gasteiger partial charge on any atom is -0.376 e. The Hall–Kier alpha value is -1.03. The number of aromatic nitrogens is 2. The monoisotopic (exact) mass is 224 g/mol. The number of hydrogen-bond acceptors (Lipinski definition) is 2. The van der Waals surface area contributed by atoms with Crippen LogP contribution in [-0.2, 0) is 16.7 Å². The summed E-state index contributed by atoms with van der Waals surface area (Å²) in [5.41, 5.74) is 1.01. The number of nitrogens with one attached hydrogen (secondary N) is 1. The minimum absolute atomic E-state index is 0.0130. The lowest BCUT2D eigenvalue weighted by Gasteiger charge is -2.16. The molecule has 16 heavy (non-hydrogen) atoms. The van der Waals surface area contributed by atoms with E-state index in [4.69, 9.17) is 4.74 Å². The third-order valence-electron chi connectivity index (χ3n) is 3.01. The quantitative estimate of drug-likeness (QED) is 0.830. The van der Waals surface area contributed by atoms with Gasteiger partial charge >= 0.3 is 0 Å². The van der Waals surface area contributed by atoms with Crippen LogP contribution in [0.5, 0.6) is 0 Å². The van der Waals surface area contributed by atoms with E-state index in [0.717, 1.165) is 25.1 Å². The molecule has 90 valence electrons. The summed E-state index contributed by atoms with van der Waals surface area (Å²) < 4.78 is 7.19. The first-order chi connectivity index (χ1) is 7.47. The van der Waals surface area contributed by atoms with Crippen LogP contribution in [0.15, 0.2) is 10.9 Å². The molecule has 2 heterocycles. The van der Waals surface area contributed by atoms with Crippen molar-refractivity contribution in [2.24, 2.45) is 0 Å². The molecule has 1 aromatic rings. The summed E-state index contributed by atoms with van der Waals surface area (Å²) in [6.45, 7) is 7.75. The maximum absolute atomic E-state index is 11.8. The fourth-order valence-corrected chi connectivity index (χ4v) is 1.95. The number of H-pyrrole nitrogens is 1. The van der Waals surface area contributed by atoms with Crippen LogP contribution >= 0.6 is 0 Å². The van der Waals surface area contributed by atoms with Crippen molar-refractivity contribution in [3.63, 3.8) is 0 Å². The Kier molecular flexibility index (Phi) is 2.93. The maximum Gasteiger partial charge on any atom is 0.266 e. The van der Waals surface area contributed by atoms with Gasteiger partial charge in [-0.15, -0.1) is 0 Å². The van der Waals surface area contributed by atoms with Crippen LogP contribution in [0.3, 0.4) is 0 Å². The average Bonchev–Trinajstić information content (AvgIpc) is 2.76. The lowest BCUT2D eigenvalue weighted by Crippen LogP contribution is -2.24. The summed E-state index contributed by atoms with van der Waals surface area (Å²) in [7, 11) is 0. The van der Waals surface area contributed by atoms with Crippen molar-refractivity contribution in [3.8, 4) is 0 Å². The molecule has 1 saturated heterocycles. The van der Waals surface area contributed by atoms with E-state index in [2.05, 4.69) is 25.9 Å². The molecule has 1 N–H and O–H groups in total. The lowest BCUT2D eigenvalue weighted by atomic mass is 9.93. The molecule has 1 fully saturated rings. The Labute approximate surface area is 95.6 Å². The topological polar surface area (TPSA) is 47.0 Å². The van der Waals surface area contributed by atoms with Crippen molar-refractivity contribution in [3.05, 3.63) is 22.1 Å². The normalized spacial score (nSPS) is 21.6. The molecule has 0 spiro atoms. The third kappa shape index (κ3) is 2.38. The number of ether oxygens (including phenoxy) is 1. The molecule has 2 rings (SSSR count). The van der Waals surface area contributed by atoms with Gasteiger partial charge in [0.25, 0.3) is 5.56 Å². The highest BCUT2D eigenvalue weighted by atomic mass is 16.5. The van der Waals surface area contributed by atoms with Crippen LogP contribution in [0.1, 0.15) is 39.3 Å². The van der Waals surface area contributed by atoms with Crippen molar-refractivity contribution >= 4 is 0 Å². The van der Waals surface area contributed by atoms with Crippen molar-refractivity contribution < 1.29 is 4.74 Å². The van der Waals surface area contributed by atoms with Gasteiger partial charge in [-0.1, -0.05) is 20.8 Å². The van der Waals surface area contributed by atoms with Crippen LogP contribution < -0.4 is 5.56 Å². The van der Waals surface area contributed by atoms with E-state index in [1.54, 1.807) is 10.7 Å². The molecule has 0 aromatic carbocycles. The maximum atomic E-state index is 11.8. The smallest absolute Gasteiger partial charge is 0.266 e. The largest absolute Gasteiger partial charge is 0.376 e. The van der Waals surface area contributed by atoms with E-state index in [1.165, 1.54) is 0 Å². The summed E-state index contributed by atoms with van der Waals surface area (Å²) in [6, 6.07) is 1.69. The number of hydrogen-bond donors (Lipinski definition) is 1. The molecule has 1 unspecified atom stereocenters. The summed E-state index contributed by atoms with van der Waals surface area (Å²) in [5, 5.41) is 3.17. The third-order valence-corrected chi connectivity index (χ3v) is 3.01. The van der Waals surface area contributed by atoms with Crippen molar-refractivity contribution in [1.29, 1.82) is 0 Å². The first-order valence-corrected chi connectivity index (χ1v) is 5.89. The summed E-state index contributed by atoms with van der Waals surface area (Å²) in [4.78, 5) is 11.8. The van der Waals surface area contributed by atoms with Gasteiger partial charge < -0.3 is 4.74 Å². The van der Waals surface area contributed by atoms with Gasteiger partial charge in [0.1, 0.15) is 0 Å². The highest BCUT2D eigenvalue weighted by molar-refractivity contribution is 5.10. The molecule has 0 amide bonds. The Balaban J connectivity index is 2.15. The van der Waals surface area contributed by atoms with Gasteiger partial charge in [0.2, 0.25) is 0 Å². The van der Waals surface area contributed by atoms with Gasteiger partial charge in [-0.25, -0.2) is 0 Å². The second kappa shape index (κ2) is 4.09. The Morgan fingerprint density at radius 1 is 1.56 bits per heavy atom. The summed E-state index contributed by atoms with van der Waals surface area (Å²) in [6.07, 6.45) is 2.35. The van der Waals surface area contributed by atoms with Gasteiger partial charge in [0.15, 0.2) is 0 Å². The molecule has 0 aliphatic carbocycles. The Morgan fingerprint density at radius 3 is 2.81 bits per heavy atom. The molecule has 1 aliphatic rings. The molecular weight excluding hydrogens is 204 g/mol. The van der Waals surface area contributed by atoms with Gasteiger partial charge in [0.05, 0.1) is 12.6 Å². The molecule has 0 bridgehead atoms. The minimum atomic E-state index is -0.0130. The van der Waals surface area contributed by atoms with Crippen molar-refractivity contribution in [1.82, 2.24) is 9.78 Å². The fraction of sp³-hybridized carbons (Fsp3) is 0.750. The summed E-state index contributed by atoms with van der Waals surface area (Å²) in [5.74, 6) is 0. The summed E-state index contributed by atoms with van der Waals surface area (Å²) >= 11 is 0. The standard InChI is InChI=1S/C12H20N2O2/c1-12(2,3)10-7-11(15)14(13-10)8-9-5-4-6-16-9/h7,9,13H,4-6,8H2,1-3H3. The predicted molar refractivity (Wildman–Crippen MR) is 62.7 cm³/mol. The molecule has 4 nitrogen and oxygen atoms in total. The van der Waals surface area contributed by atoms with Gasteiger partial charge in [-0.2, -0.15) is 0 Å². The zero-order chi connectivity index (χ0) is 11.8. The van der Waals surface area contributed by atoms with Crippen molar-refractivity contribution in [2.45, 2.75) is 51.7 Å². The van der Waals surface area contributed by atoms with E-state index < -0.39 is 0 Å². The highest BCUT2D eigenvalue weighted by Crippen LogP contribution is 2.19. The van der Waals surface area contributed by atoms with Crippen molar-refractivity contribution in [2.75, 3.05) is 6.61 Å². The SMILES string of the molecule is CC(C)(C)c1cc(=O)n(CC2CCCO2)[nH]1. The van der Waals surface area contributed by atoms with Crippen LogP contribution in [0.25, 0.3) is 0 Å². The van der Waals surface area contributed by atoms with E-state index >= 15 is 0 Å². The molecule has 4 heteroatoms. The molecule has 1 aromatic heterocycles. The first-order valence-electron chi connectivity index (χ1n) is 5.89. The van der Waals surface area contributed by atoms with Crippen LogP contribution in [0.4, 0.5) is 0 Å². The van der Waals surface area contributed by atoms with E-state index in [1.807, 2.05) is 0 Å². The second-order valence-corrected chi connectivity index (χ2v) is 5.50. The Bertz CT molecular complexity index is 405. The lowest BCUT2D eigenvalue weighted by molar-refractivity contribution is 0.0930. The van der Waals surface area contributed by atoms with Crippen LogP contribution in [0.2, 0.25) is 0 Å². The second-order valence-electron chi connectivity index (χ2n) is 5.50. The number of rotatable bonds is 2. The average molecular weight is 224 g/mol. The molecule has 1 aliphatic heterocycles. The zero-order valence-corrected chi connectivity index (χ0v) is 10.2. The molecular formula is C12H20N2O2. The van der Waals surface area contributed by atoms with Gasteiger partial charge in [-0.3, -0.25) is 14.6 Å². The van der Waals surface area contributed by atoms with Gasteiger partial charge in [-0.05, 0) is 12.8 Å². The van der Waals surface area contributed by atoms with Crippen LogP contribution in [-0.4, -0.2) is 22.5 Å². The zero-order valence-electron chi connectivity index (χ0n) is 10.2. The fourth-order valence-electron chi connectivity index (χ4n) is 1.95. The number of nitrogens with zero attached hydrogens (tertiary/aromatic N) is 1. The van der Waals surface area contributed by atoms with E-state index in [0.29, 0.717) is 6.54 Å². The van der Waals surface area contributed by atoms with E-state index in [9.17, 15) is 4.79 Å².